The van der Waals surface area contributed by atoms with Crippen molar-refractivity contribution in [2.45, 2.75) is 6.04 Å². The first-order valence-electron chi connectivity index (χ1n) is 8.61. The Bertz CT molecular complexity index is 1190. The molecule has 142 valence electrons. The van der Waals surface area contributed by atoms with Crippen molar-refractivity contribution in [2.75, 3.05) is 10.2 Å². The summed E-state index contributed by atoms with van der Waals surface area (Å²) in [4.78, 5) is 27.5. The zero-order valence-corrected chi connectivity index (χ0v) is 17.6. The van der Waals surface area contributed by atoms with Crippen LogP contribution in [0.15, 0.2) is 68.7 Å². The molecule has 0 saturated heterocycles. The molecule has 0 amide bonds. The average Bonchev–Trinajstić information content (AvgIpc) is 2.71. The van der Waals surface area contributed by atoms with Gasteiger partial charge in [0.2, 0.25) is 0 Å². The molecule has 1 unspecified atom stereocenters. The first-order chi connectivity index (χ1) is 13.4. The Kier molecular flexibility index (Phi) is 4.68. The molecule has 0 bridgehead atoms. The predicted octanol–water partition coefficient (Wildman–Crippen LogP) is 3.15. The lowest BCUT2D eigenvalue weighted by atomic mass is 9.96. The van der Waals surface area contributed by atoms with Gasteiger partial charge in [-0.3, -0.25) is 13.9 Å². The second-order valence-electron chi connectivity index (χ2n) is 6.56. The molecule has 0 saturated carbocycles. The minimum Gasteiger partial charge on any atom is -0.318 e. The number of para-hydroxylation sites is 1. The first kappa shape index (κ1) is 18.6. The van der Waals surface area contributed by atoms with Crippen LogP contribution in [-0.2, 0) is 14.1 Å². The molecule has 0 fully saturated rings. The lowest BCUT2D eigenvalue weighted by Gasteiger charge is -2.39. The SMILES string of the molecule is Cn1c2c(c(=O)n(C)c1=O)C(c1ccc(Br)cc1)N(c1ccccc1)C(=S)N2. The van der Waals surface area contributed by atoms with Crippen molar-refractivity contribution >= 4 is 44.8 Å². The van der Waals surface area contributed by atoms with E-state index in [0.717, 1.165) is 20.3 Å². The molecule has 28 heavy (non-hydrogen) atoms. The minimum absolute atomic E-state index is 0.345. The largest absolute Gasteiger partial charge is 0.332 e. The summed E-state index contributed by atoms with van der Waals surface area (Å²) in [6, 6.07) is 16.9. The van der Waals surface area contributed by atoms with Gasteiger partial charge in [0.25, 0.3) is 5.56 Å². The van der Waals surface area contributed by atoms with Crippen LogP contribution in [-0.4, -0.2) is 14.2 Å². The maximum Gasteiger partial charge on any atom is 0.332 e. The van der Waals surface area contributed by atoms with E-state index in [-0.39, 0.29) is 5.56 Å². The van der Waals surface area contributed by atoms with Gasteiger partial charge in [-0.25, -0.2) is 4.79 Å². The van der Waals surface area contributed by atoms with Crippen molar-refractivity contribution in [3.8, 4) is 0 Å². The van der Waals surface area contributed by atoms with E-state index in [1.807, 2.05) is 59.5 Å². The maximum absolute atomic E-state index is 13.2. The Balaban J connectivity index is 2.06. The molecule has 2 aromatic carbocycles. The van der Waals surface area contributed by atoms with E-state index in [1.54, 1.807) is 7.05 Å². The predicted molar refractivity (Wildman–Crippen MR) is 118 cm³/mol. The molecule has 2 heterocycles. The van der Waals surface area contributed by atoms with Crippen molar-refractivity contribution in [1.82, 2.24) is 9.13 Å². The molecule has 0 radical (unpaired) electrons. The summed E-state index contributed by atoms with van der Waals surface area (Å²) in [5.41, 5.74) is 1.48. The lowest BCUT2D eigenvalue weighted by molar-refractivity contribution is 0.655. The van der Waals surface area contributed by atoms with Gasteiger partial charge in [0.05, 0.1) is 11.6 Å². The van der Waals surface area contributed by atoms with Gasteiger partial charge < -0.3 is 10.2 Å². The second kappa shape index (κ2) is 7.03. The normalized spacial score (nSPS) is 15.9. The number of hydrogen-bond donors (Lipinski definition) is 1. The van der Waals surface area contributed by atoms with Crippen molar-refractivity contribution in [1.29, 1.82) is 0 Å². The second-order valence-corrected chi connectivity index (χ2v) is 7.86. The van der Waals surface area contributed by atoms with Crippen molar-refractivity contribution in [3.63, 3.8) is 0 Å². The molecule has 1 atom stereocenters. The number of nitrogens with one attached hydrogen (secondary N) is 1. The number of thiocarbonyl (C=S) groups is 1. The molecular formula is C20H17BrN4O2S. The summed E-state index contributed by atoms with van der Waals surface area (Å²) >= 11 is 9.11. The average molecular weight is 457 g/mol. The first-order valence-corrected chi connectivity index (χ1v) is 9.81. The number of fused-ring (bicyclic) bond motifs is 1. The molecule has 1 N–H and O–H groups in total. The van der Waals surface area contributed by atoms with Crippen LogP contribution in [0.25, 0.3) is 0 Å². The Morgan fingerprint density at radius 3 is 2.25 bits per heavy atom. The lowest BCUT2D eigenvalue weighted by Crippen LogP contribution is -2.51. The smallest absolute Gasteiger partial charge is 0.318 e. The summed E-state index contributed by atoms with van der Waals surface area (Å²) in [7, 11) is 3.12. The van der Waals surface area contributed by atoms with Crippen LogP contribution in [0.3, 0.4) is 0 Å². The van der Waals surface area contributed by atoms with Gasteiger partial charge in [-0.2, -0.15) is 0 Å². The zero-order chi connectivity index (χ0) is 20.0. The number of halogens is 1. The molecule has 1 aliphatic rings. The van der Waals surface area contributed by atoms with Crippen LogP contribution in [0.2, 0.25) is 0 Å². The molecule has 8 heteroatoms. The van der Waals surface area contributed by atoms with Crippen LogP contribution >= 0.6 is 28.1 Å². The number of anilines is 2. The van der Waals surface area contributed by atoms with Gasteiger partial charge in [0.1, 0.15) is 5.82 Å². The Hall–Kier alpha value is -2.71. The van der Waals surface area contributed by atoms with Gasteiger partial charge in [-0.1, -0.05) is 46.3 Å². The van der Waals surface area contributed by atoms with Crippen molar-refractivity contribution < 1.29 is 0 Å². The van der Waals surface area contributed by atoms with E-state index >= 15 is 0 Å². The number of benzene rings is 2. The molecule has 0 aliphatic carbocycles. The van der Waals surface area contributed by atoms with E-state index < -0.39 is 11.7 Å². The van der Waals surface area contributed by atoms with Crippen LogP contribution in [0.1, 0.15) is 17.2 Å². The summed E-state index contributed by atoms with van der Waals surface area (Å²) in [5, 5.41) is 3.52. The van der Waals surface area contributed by atoms with Crippen molar-refractivity contribution in [2.24, 2.45) is 14.1 Å². The molecule has 6 nitrogen and oxygen atoms in total. The van der Waals surface area contributed by atoms with E-state index in [1.165, 1.54) is 11.6 Å². The summed E-state index contributed by atoms with van der Waals surface area (Å²) in [6.07, 6.45) is 0. The van der Waals surface area contributed by atoms with Crippen LogP contribution in [0.5, 0.6) is 0 Å². The maximum atomic E-state index is 13.2. The summed E-state index contributed by atoms with van der Waals surface area (Å²) in [6.45, 7) is 0. The molecule has 1 aliphatic heterocycles. The van der Waals surface area contributed by atoms with E-state index in [9.17, 15) is 9.59 Å². The van der Waals surface area contributed by atoms with Gasteiger partial charge in [-0.05, 0) is 42.0 Å². The van der Waals surface area contributed by atoms with E-state index in [4.69, 9.17) is 12.2 Å². The van der Waals surface area contributed by atoms with Gasteiger partial charge in [0, 0.05) is 24.3 Å². The molecule has 0 spiro atoms. The van der Waals surface area contributed by atoms with Gasteiger partial charge in [-0.15, -0.1) is 0 Å². The third-order valence-electron chi connectivity index (χ3n) is 4.90. The molecular weight excluding hydrogens is 440 g/mol. The fourth-order valence-corrected chi connectivity index (χ4v) is 4.06. The number of hydrogen-bond acceptors (Lipinski definition) is 3. The highest BCUT2D eigenvalue weighted by Gasteiger charge is 2.37. The third kappa shape index (κ3) is 2.89. The molecule has 1 aromatic heterocycles. The molecule has 3 aromatic rings. The van der Waals surface area contributed by atoms with Crippen LogP contribution < -0.4 is 21.5 Å². The topological polar surface area (TPSA) is 59.3 Å². The Morgan fingerprint density at radius 1 is 0.964 bits per heavy atom. The fourth-order valence-electron chi connectivity index (χ4n) is 3.49. The highest BCUT2D eigenvalue weighted by Crippen LogP contribution is 2.38. The molecule has 4 rings (SSSR count). The van der Waals surface area contributed by atoms with Crippen LogP contribution in [0, 0.1) is 0 Å². The fraction of sp³-hybridized carbons (Fsp3) is 0.150. The standard InChI is InChI=1S/C20H17BrN4O2S/c1-23-17-15(18(26)24(2)20(23)27)16(12-8-10-13(21)11-9-12)25(19(28)22-17)14-6-4-3-5-7-14/h3-11,16H,1-2H3,(H,22,28). The third-order valence-corrected chi connectivity index (χ3v) is 5.72. The number of rotatable bonds is 2. The summed E-state index contributed by atoms with van der Waals surface area (Å²) in [5.74, 6) is 0.429. The van der Waals surface area contributed by atoms with E-state index in [0.29, 0.717) is 16.5 Å². The minimum atomic E-state index is -0.468. The monoisotopic (exact) mass is 456 g/mol. The number of nitrogens with zero attached hydrogens (tertiary/aromatic N) is 3. The Morgan fingerprint density at radius 2 is 1.61 bits per heavy atom. The highest BCUT2D eigenvalue weighted by molar-refractivity contribution is 9.10. The summed E-state index contributed by atoms with van der Waals surface area (Å²) < 4.78 is 3.49. The van der Waals surface area contributed by atoms with Gasteiger partial charge in [0.15, 0.2) is 5.11 Å². The zero-order valence-electron chi connectivity index (χ0n) is 15.2. The quantitative estimate of drug-likeness (QED) is 0.600. The van der Waals surface area contributed by atoms with Crippen LogP contribution in [0.4, 0.5) is 11.5 Å². The Labute approximate surface area is 175 Å². The van der Waals surface area contributed by atoms with E-state index in [2.05, 4.69) is 21.2 Å². The van der Waals surface area contributed by atoms with Crippen molar-refractivity contribution in [3.05, 3.63) is 91.0 Å². The van der Waals surface area contributed by atoms with Gasteiger partial charge >= 0.3 is 5.69 Å². The highest BCUT2D eigenvalue weighted by atomic mass is 79.9. The number of aromatic nitrogens is 2.